The van der Waals surface area contributed by atoms with Gasteiger partial charge in [0.15, 0.2) is 0 Å². The van der Waals surface area contributed by atoms with E-state index in [0.717, 1.165) is 17.7 Å². The molecule has 1 atom stereocenters. The second-order valence-corrected chi connectivity index (χ2v) is 7.67. The Hall–Kier alpha value is -2.14. The summed E-state index contributed by atoms with van der Waals surface area (Å²) in [4.78, 5) is 17.6. The average Bonchev–Trinajstić information content (AvgIpc) is 2.59. The minimum absolute atomic E-state index is 0.0200. The highest BCUT2D eigenvalue weighted by Gasteiger charge is 2.07. The van der Waals surface area contributed by atoms with Crippen LogP contribution in [-0.4, -0.2) is 21.0 Å². The molecule has 0 saturated heterocycles. The fraction of sp³-hybridized carbons (Fsp3) is 0.300. The maximum absolute atomic E-state index is 12.6. The molecule has 0 amide bonds. The predicted molar refractivity (Wildman–Crippen MR) is 105 cm³/mol. The van der Waals surface area contributed by atoms with Gasteiger partial charge in [-0.3, -0.25) is 9.36 Å². The number of halogens is 1. The van der Waals surface area contributed by atoms with Gasteiger partial charge in [0.25, 0.3) is 5.56 Å². The first-order chi connectivity index (χ1) is 12.0. The number of fused-ring (bicyclic) bond motifs is 1. The summed E-state index contributed by atoms with van der Waals surface area (Å²) in [7, 11) is 0. The van der Waals surface area contributed by atoms with Gasteiger partial charge in [0, 0.05) is 4.83 Å². The van der Waals surface area contributed by atoms with Crippen molar-refractivity contribution >= 4 is 26.8 Å². The Balaban J connectivity index is 1.68. The van der Waals surface area contributed by atoms with Crippen molar-refractivity contribution in [1.29, 1.82) is 0 Å². The predicted octanol–water partition coefficient (Wildman–Crippen LogP) is 4.11. The molecule has 0 radical (unpaired) electrons. The second kappa shape index (κ2) is 7.83. The zero-order chi connectivity index (χ0) is 17.8. The van der Waals surface area contributed by atoms with E-state index in [-0.39, 0.29) is 5.56 Å². The summed E-state index contributed by atoms with van der Waals surface area (Å²) in [5.41, 5.74) is 1.98. The lowest BCUT2D eigenvalue weighted by molar-refractivity contribution is 0.294. The van der Waals surface area contributed by atoms with Crippen molar-refractivity contribution in [3.63, 3.8) is 0 Å². The minimum Gasteiger partial charge on any atom is -0.492 e. The maximum atomic E-state index is 12.6. The molecule has 0 bridgehead atoms. The van der Waals surface area contributed by atoms with E-state index in [0.29, 0.717) is 29.2 Å². The topological polar surface area (TPSA) is 44.1 Å². The van der Waals surface area contributed by atoms with Gasteiger partial charge in [0.1, 0.15) is 18.2 Å². The van der Waals surface area contributed by atoms with Gasteiger partial charge >= 0.3 is 0 Å². The molecule has 0 fully saturated rings. The van der Waals surface area contributed by atoms with Crippen LogP contribution in [0.15, 0.2) is 53.3 Å². The lowest BCUT2D eigenvalue weighted by Crippen LogP contribution is -2.26. The van der Waals surface area contributed by atoms with Crippen molar-refractivity contribution in [1.82, 2.24) is 9.55 Å². The number of nitrogens with zero attached hydrogens (tertiary/aromatic N) is 2. The van der Waals surface area contributed by atoms with E-state index in [2.05, 4.69) is 40.0 Å². The second-order valence-electron chi connectivity index (χ2n) is 6.11. The van der Waals surface area contributed by atoms with Crippen LogP contribution in [0.25, 0.3) is 10.9 Å². The quantitative estimate of drug-likeness (QED) is 0.584. The van der Waals surface area contributed by atoms with Crippen molar-refractivity contribution < 1.29 is 4.74 Å². The highest BCUT2D eigenvalue weighted by molar-refractivity contribution is 9.09. The highest BCUT2D eigenvalue weighted by Crippen LogP contribution is 2.15. The summed E-state index contributed by atoms with van der Waals surface area (Å²) >= 11 is 3.56. The molecule has 0 aliphatic carbocycles. The number of aromatic nitrogens is 2. The Morgan fingerprint density at radius 2 is 1.88 bits per heavy atom. The van der Waals surface area contributed by atoms with Crippen LogP contribution < -0.4 is 10.3 Å². The Morgan fingerprint density at radius 1 is 1.16 bits per heavy atom. The Labute approximate surface area is 155 Å². The molecule has 5 heteroatoms. The van der Waals surface area contributed by atoms with Crippen LogP contribution in [0.2, 0.25) is 0 Å². The number of hydrogen-bond donors (Lipinski definition) is 0. The van der Waals surface area contributed by atoms with Gasteiger partial charge < -0.3 is 4.74 Å². The standard InChI is InChI=1S/C20H21BrN2O2/c1-14(21)13-16-7-9-17(10-8-16)25-12-11-23-15(2)22-19-6-4-3-5-18(19)20(23)24/h3-10,14H,11-13H2,1-2H3. The summed E-state index contributed by atoms with van der Waals surface area (Å²) in [5.74, 6) is 1.51. The largest absolute Gasteiger partial charge is 0.492 e. The van der Waals surface area contributed by atoms with E-state index in [9.17, 15) is 4.79 Å². The molecule has 3 rings (SSSR count). The number of ether oxygens (including phenoxy) is 1. The molecule has 0 spiro atoms. The number of aryl methyl sites for hydroxylation is 1. The monoisotopic (exact) mass is 400 g/mol. The lowest BCUT2D eigenvalue weighted by Gasteiger charge is -2.12. The molecule has 0 saturated carbocycles. The molecule has 1 aromatic heterocycles. The van der Waals surface area contributed by atoms with Crippen LogP contribution in [0.3, 0.4) is 0 Å². The van der Waals surface area contributed by atoms with Gasteiger partial charge in [0.05, 0.1) is 17.4 Å². The van der Waals surface area contributed by atoms with E-state index in [1.54, 1.807) is 4.57 Å². The Morgan fingerprint density at radius 3 is 2.60 bits per heavy atom. The van der Waals surface area contributed by atoms with Crippen LogP contribution in [-0.2, 0) is 13.0 Å². The van der Waals surface area contributed by atoms with Crippen LogP contribution >= 0.6 is 15.9 Å². The van der Waals surface area contributed by atoms with Gasteiger partial charge in [-0.2, -0.15) is 0 Å². The van der Waals surface area contributed by atoms with Gasteiger partial charge in [-0.05, 0) is 43.2 Å². The Bertz CT molecular complexity index is 917. The van der Waals surface area contributed by atoms with Gasteiger partial charge in [-0.1, -0.05) is 47.1 Å². The van der Waals surface area contributed by atoms with E-state index < -0.39 is 0 Å². The van der Waals surface area contributed by atoms with Crippen molar-refractivity contribution in [2.75, 3.05) is 6.61 Å². The van der Waals surface area contributed by atoms with Gasteiger partial charge in [-0.15, -0.1) is 0 Å². The minimum atomic E-state index is -0.0200. The molecule has 1 heterocycles. The fourth-order valence-corrected chi connectivity index (χ4v) is 3.22. The summed E-state index contributed by atoms with van der Waals surface area (Å²) in [5, 5.41) is 0.640. The van der Waals surface area contributed by atoms with E-state index in [1.807, 2.05) is 43.3 Å². The molecule has 1 unspecified atom stereocenters. The number of para-hydroxylation sites is 1. The smallest absolute Gasteiger partial charge is 0.261 e. The zero-order valence-corrected chi connectivity index (χ0v) is 16.0. The zero-order valence-electron chi connectivity index (χ0n) is 14.4. The maximum Gasteiger partial charge on any atom is 0.261 e. The van der Waals surface area contributed by atoms with Crippen molar-refractivity contribution in [3.05, 3.63) is 70.3 Å². The first-order valence-electron chi connectivity index (χ1n) is 8.36. The molecule has 2 aromatic carbocycles. The van der Waals surface area contributed by atoms with Gasteiger partial charge in [0.2, 0.25) is 0 Å². The third-order valence-electron chi connectivity index (χ3n) is 4.08. The molecule has 0 aliphatic heterocycles. The molecule has 3 aromatic rings. The number of benzene rings is 2. The molecule has 130 valence electrons. The average molecular weight is 401 g/mol. The summed E-state index contributed by atoms with van der Waals surface area (Å²) in [6.45, 7) is 4.88. The highest BCUT2D eigenvalue weighted by atomic mass is 79.9. The molecule has 0 N–H and O–H groups in total. The third kappa shape index (κ3) is 4.28. The number of rotatable bonds is 6. The van der Waals surface area contributed by atoms with E-state index in [4.69, 9.17) is 4.74 Å². The number of hydrogen-bond acceptors (Lipinski definition) is 3. The van der Waals surface area contributed by atoms with Crippen molar-refractivity contribution in [2.24, 2.45) is 0 Å². The summed E-state index contributed by atoms with van der Waals surface area (Å²) < 4.78 is 7.46. The molecule has 0 aliphatic rings. The van der Waals surface area contributed by atoms with Crippen LogP contribution in [0, 0.1) is 6.92 Å². The first-order valence-corrected chi connectivity index (χ1v) is 9.28. The SMILES string of the molecule is Cc1nc2ccccc2c(=O)n1CCOc1ccc(CC(C)Br)cc1. The lowest BCUT2D eigenvalue weighted by atomic mass is 10.1. The van der Waals surface area contributed by atoms with Crippen LogP contribution in [0.5, 0.6) is 5.75 Å². The van der Waals surface area contributed by atoms with Crippen molar-refractivity contribution in [2.45, 2.75) is 31.6 Å². The van der Waals surface area contributed by atoms with Gasteiger partial charge in [-0.25, -0.2) is 4.98 Å². The molecule has 25 heavy (non-hydrogen) atoms. The summed E-state index contributed by atoms with van der Waals surface area (Å²) in [6, 6.07) is 15.5. The molecular weight excluding hydrogens is 380 g/mol. The fourth-order valence-electron chi connectivity index (χ4n) is 2.84. The van der Waals surface area contributed by atoms with Crippen molar-refractivity contribution in [3.8, 4) is 5.75 Å². The molecular formula is C20H21BrN2O2. The molecule has 4 nitrogen and oxygen atoms in total. The van der Waals surface area contributed by atoms with Crippen LogP contribution in [0.1, 0.15) is 18.3 Å². The summed E-state index contributed by atoms with van der Waals surface area (Å²) in [6.07, 6.45) is 0.984. The number of alkyl halides is 1. The van der Waals surface area contributed by atoms with E-state index in [1.165, 1.54) is 5.56 Å². The third-order valence-corrected chi connectivity index (χ3v) is 4.40. The first kappa shape index (κ1) is 17.7. The van der Waals surface area contributed by atoms with Crippen LogP contribution in [0.4, 0.5) is 0 Å². The van der Waals surface area contributed by atoms with E-state index >= 15 is 0 Å². The normalized spacial score (nSPS) is 12.3. The Kier molecular flexibility index (Phi) is 5.53.